The van der Waals surface area contributed by atoms with Gasteiger partial charge in [-0.05, 0) is 111 Å². The lowest BCUT2D eigenvalue weighted by atomic mass is 9.90. The van der Waals surface area contributed by atoms with Crippen molar-refractivity contribution < 1.29 is 43.0 Å². The summed E-state index contributed by atoms with van der Waals surface area (Å²) in [6.07, 6.45) is 9.79. The van der Waals surface area contributed by atoms with Gasteiger partial charge in [-0.15, -0.1) is 0 Å². The summed E-state index contributed by atoms with van der Waals surface area (Å²) < 4.78 is 16.8. The lowest BCUT2D eigenvalue weighted by Gasteiger charge is -2.25. The molecule has 4 aromatic carbocycles. The maximum atomic E-state index is 14.3. The zero-order valence-electron chi connectivity index (χ0n) is 40.4. The topological polar surface area (TPSA) is 178 Å². The number of benzene rings is 4. The van der Waals surface area contributed by atoms with E-state index in [9.17, 15) is 28.8 Å². The van der Waals surface area contributed by atoms with Gasteiger partial charge in [0.05, 0.1) is 13.2 Å². The molecular formula is C55H72N4O9. The monoisotopic (exact) mass is 933 g/mol. The number of nitrogens with one attached hydrogen (secondary N) is 4. The molecule has 0 aliphatic carbocycles. The van der Waals surface area contributed by atoms with Crippen LogP contribution in [0.25, 0.3) is 0 Å². The fourth-order valence-electron chi connectivity index (χ4n) is 7.70. The van der Waals surface area contributed by atoms with E-state index in [2.05, 4.69) is 35.1 Å². The van der Waals surface area contributed by atoms with Crippen LogP contribution in [0, 0.1) is 5.92 Å². The zero-order valence-corrected chi connectivity index (χ0v) is 40.4. The van der Waals surface area contributed by atoms with Gasteiger partial charge in [0.15, 0.2) is 5.78 Å². The number of carbonyl (C=O) groups is 6. The molecule has 0 saturated heterocycles. The Bertz CT molecular complexity index is 2130. The van der Waals surface area contributed by atoms with Gasteiger partial charge in [-0.25, -0.2) is 4.79 Å². The molecule has 4 N–H and O–H groups in total. The smallest absolute Gasteiger partial charge is 0.328 e. The first-order valence-corrected chi connectivity index (χ1v) is 24.5. The number of hydrogen-bond acceptors (Lipinski definition) is 9. The first-order valence-electron chi connectivity index (χ1n) is 24.5. The van der Waals surface area contributed by atoms with Crippen LogP contribution >= 0.6 is 0 Å². The van der Waals surface area contributed by atoms with Gasteiger partial charge in [0.25, 0.3) is 11.8 Å². The fraction of sp³-hybridized carbons (Fsp3) is 0.455. The molecule has 0 heterocycles. The van der Waals surface area contributed by atoms with E-state index in [-0.39, 0.29) is 30.4 Å². The fourth-order valence-corrected chi connectivity index (χ4v) is 7.70. The Kier molecular flexibility index (Phi) is 24.4. The Morgan fingerprint density at radius 3 is 1.41 bits per heavy atom. The van der Waals surface area contributed by atoms with E-state index in [4.69, 9.17) is 14.2 Å². The SMILES string of the molecule is CCCCC[C@H](CC(=O)[C@H](CCCCC)NC(=O)[C@H](CCCCNC(=O)c1ccc(Oc2ccccc2)cc1)NC(=O)c1ccc(Oc2ccccc2)cc1)C(=O)N[C@@H](CCCCC)C(=O)OC. The predicted octanol–water partition coefficient (Wildman–Crippen LogP) is 10.4. The first kappa shape index (κ1) is 54.1. The highest BCUT2D eigenvalue weighted by atomic mass is 16.5. The molecule has 4 rings (SSSR count). The van der Waals surface area contributed by atoms with Crippen molar-refractivity contribution in [2.24, 2.45) is 5.92 Å². The molecule has 0 radical (unpaired) electrons. The van der Waals surface area contributed by atoms with Crippen LogP contribution in [0.5, 0.6) is 23.0 Å². The van der Waals surface area contributed by atoms with E-state index >= 15 is 0 Å². The van der Waals surface area contributed by atoms with Crippen LogP contribution in [-0.4, -0.2) is 67.2 Å². The van der Waals surface area contributed by atoms with Gasteiger partial charge < -0.3 is 35.5 Å². The second-order valence-electron chi connectivity index (χ2n) is 17.2. The summed E-state index contributed by atoms with van der Waals surface area (Å²) in [7, 11) is 1.29. The first-order chi connectivity index (χ1) is 33.0. The molecular weight excluding hydrogens is 861 g/mol. The summed E-state index contributed by atoms with van der Waals surface area (Å²) in [5.41, 5.74) is 0.779. The molecule has 0 fully saturated rings. The Hall–Kier alpha value is -6.50. The highest BCUT2D eigenvalue weighted by molar-refractivity contribution is 5.99. The molecule has 4 amide bonds. The normalized spacial score (nSPS) is 12.6. The maximum Gasteiger partial charge on any atom is 0.328 e. The van der Waals surface area contributed by atoms with Crippen molar-refractivity contribution >= 4 is 35.4 Å². The molecule has 4 atom stereocenters. The number of esters is 1. The number of hydrogen-bond donors (Lipinski definition) is 4. The van der Waals surface area contributed by atoms with Crippen LogP contribution < -0.4 is 30.7 Å². The van der Waals surface area contributed by atoms with Gasteiger partial charge in [0.2, 0.25) is 11.8 Å². The summed E-state index contributed by atoms with van der Waals surface area (Å²) in [4.78, 5) is 81.9. The van der Waals surface area contributed by atoms with Gasteiger partial charge in [-0.2, -0.15) is 0 Å². The number of ketones is 1. The minimum Gasteiger partial charge on any atom is -0.467 e. The molecule has 0 bridgehead atoms. The molecule has 13 heteroatoms. The number of ether oxygens (including phenoxy) is 3. The Balaban J connectivity index is 1.46. The number of unbranched alkanes of at least 4 members (excludes halogenated alkanes) is 7. The highest BCUT2D eigenvalue weighted by Crippen LogP contribution is 2.24. The van der Waals surface area contributed by atoms with Crippen molar-refractivity contribution in [2.45, 2.75) is 142 Å². The van der Waals surface area contributed by atoms with Gasteiger partial charge in [0, 0.05) is 30.0 Å². The molecule has 0 saturated carbocycles. The minimum atomic E-state index is -1.02. The quantitative estimate of drug-likeness (QED) is 0.0274. The average molecular weight is 933 g/mol. The van der Waals surface area contributed by atoms with Gasteiger partial charge in [-0.1, -0.05) is 115 Å². The van der Waals surface area contributed by atoms with Crippen LogP contribution in [0.4, 0.5) is 0 Å². The number of methoxy groups -OCH3 is 1. The molecule has 366 valence electrons. The number of para-hydroxylation sites is 2. The zero-order chi connectivity index (χ0) is 48.9. The van der Waals surface area contributed by atoms with E-state index in [0.29, 0.717) is 79.2 Å². The van der Waals surface area contributed by atoms with Crippen molar-refractivity contribution in [1.29, 1.82) is 0 Å². The van der Waals surface area contributed by atoms with Crippen LogP contribution in [0.15, 0.2) is 109 Å². The number of Topliss-reactive ketones (excluding diaryl/α,β-unsaturated/α-hetero) is 1. The molecule has 4 aromatic rings. The van der Waals surface area contributed by atoms with Gasteiger partial charge in [0.1, 0.15) is 35.1 Å². The van der Waals surface area contributed by atoms with Crippen LogP contribution in [0.1, 0.15) is 144 Å². The lowest BCUT2D eigenvalue weighted by molar-refractivity contribution is -0.146. The number of amides is 4. The Morgan fingerprint density at radius 2 is 0.897 bits per heavy atom. The molecule has 0 aliphatic rings. The summed E-state index contributed by atoms with van der Waals surface area (Å²) in [6.45, 7) is 6.49. The third kappa shape index (κ3) is 19.4. The van der Waals surface area contributed by atoms with Crippen molar-refractivity contribution in [3.05, 3.63) is 120 Å². The average Bonchev–Trinajstić information content (AvgIpc) is 3.35. The molecule has 0 aromatic heterocycles. The summed E-state index contributed by atoms with van der Waals surface area (Å²) in [5, 5.41) is 11.7. The molecule has 68 heavy (non-hydrogen) atoms. The van der Waals surface area contributed by atoms with E-state index < -0.39 is 41.8 Å². The van der Waals surface area contributed by atoms with Crippen molar-refractivity contribution in [2.75, 3.05) is 13.7 Å². The minimum absolute atomic E-state index is 0.119. The summed E-state index contributed by atoms with van der Waals surface area (Å²) >= 11 is 0. The van der Waals surface area contributed by atoms with E-state index in [1.165, 1.54) is 7.11 Å². The third-order valence-corrected chi connectivity index (χ3v) is 11.7. The second kappa shape index (κ2) is 30.7. The van der Waals surface area contributed by atoms with Crippen LogP contribution in [-0.2, 0) is 23.9 Å². The largest absolute Gasteiger partial charge is 0.467 e. The van der Waals surface area contributed by atoms with E-state index in [0.717, 1.165) is 51.4 Å². The van der Waals surface area contributed by atoms with Gasteiger partial charge >= 0.3 is 5.97 Å². The molecule has 0 unspecified atom stereocenters. The molecule has 13 nitrogen and oxygen atoms in total. The number of carbonyl (C=O) groups excluding carboxylic acids is 6. The molecule has 0 spiro atoms. The second-order valence-corrected chi connectivity index (χ2v) is 17.2. The van der Waals surface area contributed by atoms with Crippen molar-refractivity contribution in [1.82, 2.24) is 21.3 Å². The lowest BCUT2D eigenvalue weighted by Crippen LogP contribution is -2.52. The van der Waals surface area contributed by atoms with E-state index in [1.54, 1.807) is 48.5 Å². The highest BCUT2D eigenvalue weighted by Gasteiger charge is 2.32. The van der Waals surface area contributed by atoms with Gasteiger partial charge in [-0.3, -0.25) is 24.0 Å². The summed E-state index contributed by atoms with van der Waals surface area (Å²) in [5.74, 6) is -0.690. The molecule has 0 aliphatic heterocycles. The standard InChI is InChI=1S/C55H72N4O9/c1-5-8-13-22-42(53(63)59-49(55(65)66-4)29-15-10-7-3)39-50(60)47(27-14-9-6-2)57-54(64)48(58-52(62)41-32-36-46(37-33-41)68-44-25-18-12-19-26-44)28-20-21-38-56-51(61)40-30-34-45(35-31-40)67-43-23-16-11-17-24-43/h11-12,16-19,23-26,30-37,42,47-49H,5-10,13-15,20-22,27-29,38-39H2,1-4H3,(H,56,61)(H,57,64)(H,58,62)(H,59,63)/t42-,47+,48+,49+/m1/s1. The maximum absolute atomic E-state index is 14.3. The predicted molar refractivity (Wildman–Crippen MR) is 265 cm³/mol. The summed E-state index contributed by atoms with van der Waals surface area (Å²) in [6, 6.07) is 29.3. The Morgan fingerprint density at radius 1 is 0.456 bits per heavy atom. The Labute approximate surface area is 402 Å². The van der Waals surface area contributed by atoms with E-state index in [1.807, 2.05) is 67.6 Å². The van der Waals surface area contributed by atoms with Crippen molar-refractivity contribution in [3.8, 4) is 23.0 Å². The van der Waals surface area contributed by atoms with Crippen LogP contribution in [0.2, 0.25) is 0 Å². The third-order valence-electron chi connectivity index (χ3n) is 11.7. The number of rotatable bonds is 32. The van der Waals surface area contributed by atoms with Crippen LogP contribution in [0.3, 0.4) is 0 Å². The van der Waals surface area contributed by atoms with Crippen molar-refractivity contribution in [3.63, 3.8) is 0 Å².